The fourth-order valence-corrected chi connectivity index (χ4v) is 2.66. The molecule has 3 aromatic heterocycles. The van der Waals surface area contributed by atoms with Gasteiger partial charge >= 0.3 is 0 Å². The van der Waals surface area contributed by atoms with Gasteiger partial charge in [0.25, 0.3) is 5.91 Å². The molecular weight excluding hydrogens is 326 g/mol. The summed E-state index contributed by atoms with van der Waals surface area (Å²) in [4.78, 5) is 21.2. The number of aromatic nitrogens is 3. The van der Waals surface area contributed by atoms with Crippen LogP contribution in [-0.2, 0) is 0 Å². The van der Waals surface area contributed by atoms with E-state index in [4.69, 9.17) is 5.26 Å². The molecule has 0 aliphatic rings. The highest BCUT2D eigenvalue weighted by atomic mass is 16.1. The molecule has 0 saturated heterocycles. The summed E-state index contributed by atoms with van der Waals surface area (Å²) in [7, 11) is 0. The molecule has 1 amide bonds. The van der Waals surface area contributed by atoms with Gasteiger partial charge in [0.15, 0.2) is 0 Å². The third-order valence-electron chi connectivity index (χ3n) is 3.94. The van der Waals surface area contributed by atoms with Crippen molar-refractivity contribution < 1.29 is 4.79 Å². The molecule has 1 aromatic carbocycles. The zero-order chi connectivity index (χ0) is 17.9. The van der Waals surface area contributed by atoms with Crippen molar-refractivity contribution in [2.24, 2.45) is 0 Å². The second-order valence-electron chi connectivity index (χ2n) is 5.64. The topological polar surface area (TPSA) is 83.1 Å². The maximum Gasteiger partial charge on any atom is 0.275 e. The van der Waals surface area contributed by atoms with Gasteiger partial charge in [-0.1, -0.05) is 18.2 Å². The molecule has 26 heavy (non-hydrogen) atoms. The molecule has 0 aliphatic carbocycles. The maximum atomic E-state index is 12.5. The molecule has 0 saturated carbocycles. The number of nitrogens with one attached hydrogen (secondary N) is 1. The largest absolute Gasteiger partial charge is 0.319 e. The average molecular weight is 339 g/mol. The molecule has 6 heteroatoms. The van der Waals surface area contributed by atoms with Gasteiger partial charge in [0.1, 0.15) is 17.4 Å². The summed E-state index contributed by atoms with van der Waals surface area (Å²) in [5.41, 5.74) is 3.57. The van der Waals surface area contributed by atoms with Crippen LogP contribution < -0.4 is 5.32 Å². The van der Waals surface area contributed by atoms with Gasteiger partial charge in [-0.3, -0.25) is 9.78 Å². The van der Waals surface area contributed by atoms with Crippen molar-refractivity contribution in [2.75, 3.05) is 5.32 Å². The molecule has 0 atom stereocenters. The number of fused-ring (bicyclic) bond motifs is 1. The summed E-state index contributed by atoms with van der Waals surface area (Å²) in [6.07, 6.45) is 5.27. The first-order valence-corrected chi connectivity index (χ1v) is 7.95. The average Bonchev–Trinajstić information content (AvgIpc) is 3.12. The van der Waals surface area contributed by atoms with Crippen LogP contribution in [0, 0.1) is 11.3 Å². The second-order valence-corrected chi connectivity index (χ2v) is 5.64. The quantitative estimate of drug-likeness (QED) is 0.619. The number of benzene rings is 1. The number of rotatable bonds is 3. The Hall–Kier alpha value is -3.98. The molecule has 0 spiro atoms. The van der Waals surface area contributed by atoms with Crippen molar-refractivity contribution in [3.63, 3.8) is 0 Å². The number of hydrogen-bond donors (Lipinski definition) is 1. The second kappa shape index (κ2) is 6.49. The molecule has 0 bridgehead atoms. The van der Waals surface area contributed by atoms with Crippen molar-refractivity contribution in [3.05, 3.63) is 84.4 Å². The summed E-state index contributed by atoms with van der Waals surface area (Å²) >= 11 is 0. The van der Waals surface area contributed by atoms with Crippen molar-refractivity contribution in [2.45, 2.75) is 0 Å². The van der Waals surface area contributed by atoms with Gasteiger partial charge in [-0.2, -0.15) is 5.26 Å². The van der Waals surface area contributed by atoms with Gasteiger partial charge in [0, 0.05) is 24.2 Å². The smallest absolute Gasteiger partial charge is 0.275 e. The lowest BCUT2D eigenvalue weighted by atomic mass is 10.2. The number of imidazole rings is 1. The van der Waals surface area contributed by atoms with Gasteiger partial charge in [-0.15, -0.1) is 0 Å². The minimum Gasteiger partial charge on any atom is -0.319 e. The number of amides is 1. The molecule has 4 rings (SSSR count). The number of pyridine rings is 2. The van der Waals surface area contributed by atoms with E-state index in [0.717, 1.165) is 11.3 Å². The van der Waals surface area contributed by atoms with E-state index in [-0.39, 0.29) is 11.6 Å². The number of nitriles is 1. The van der Waals surface area contributed by atoms with Gasteiger partial charge in [-0.05, 0) is 36.4 Å². The molecule has 0 fully saturated rings. The molecular formula is C20H13N5O. The minimum absolute atomic E-state index is 0.274. The van der Waals surface area contributed by atoms with Gasteiger partial charge < -0.3 is 9.72 Å². The Morgan fingerprint density at radius 2 is 1.88 bits per heavy atom. The summed E-state index contributed by atoms with van der Waals surface area (Å²) in [5.74, 6) is -0.365. The van der Waals surface area contributed by atoms with E-state index < -0.39 is 0 Å². The van der Waals surface area contributed by atoms with Crippen LogP contribution >= 0.6 is 0 Å². The molecule has 124 valence electrons. The predicted octanol–water partition coefficient (Wildman–Crippen LogP) is 3.52. The Balaban J connectivity index is 1.65. The Morgan fingerprint density at radius 1 is 1.04 bits per heavy atom. The Morgan fingerprint density at radius 3 is 2.69 bits per heavy atom. The summed E-state index contributed by atoms with van der Waals surface area (Å²) in [5, 5.41) is 11.9. The zero-order valence-corrected chi connectivity index (χ0v) is 13.6. The Labute approximate surface area is 149 Å². The third kappa shape index (κ3) is 2.89. The van der Waals surface area contributed by atoms with Crippen LogP contribution in [0.2, 0.25) is 0 Å². The number of hydrogen-bond acceptors (Lipinski definition) is 4. The summed E-state index contributed by atoms with van der Waals surface area (Å²) in [6, 6.07) is 18.4. The third-order valence-corrected chi connectivity index (χ3v) is 3.94. The summed E-state index contributed by atoms with van der Waals surface area (Å²) in [6.45, 7) is 0. The monoisotopic (exact) mass is 339 g/mol. The first-order chi connectivity index (χ1) is 12.7. The van der Waals surface area contributed by atoms with Gasteiger partial charge in [0.05, 0.1) is 16.9 Å². The van der Waals surface area contributed by atoms with Crippen LogP contribution in [0.15, 0.2) is 73.2 Å². The molecule has 6 nitrogen and oxygen atoms in total. The van der Waals surface area contributed by atoms with E-state index >= 15 is 0 Å². The van der Waals surface area contributed by atoms with Crippen molar-refractivity contribution in [3.8, 4) is 17.3 Å². The van der Waals surface area contributed by atoms with E-state index in [1.54, 1.807) is 41.1 Å². The number of para-hydroxylation sites is 1. The number of anilines is 1. The van der Waals surface area contributed by atoms with Crippen molar-refractivity contribution >= 4 is 17.2 Å². The van der Waals surface area contributed by atoms with E-state index in [1.807, 2.05) is 36.5 Å². The van der Waals surface area contributed by atoms with Crippen LogP contribution in [-0.4, -0.2) is 20.3 Å². The minimum atomic E-state index is -0.365. The van der Waals surface area contributed by atoms with Gasteiger partial charge in [0.2, 0.25) is 0 Å². The van der Waals surface area contributed by atoms with Crippen LogP contribution in [0.1, 0.15) is 16.1 Å². The molecule has 3 heterocycles. The lowest BCUT2D eigenvalue weighted by Crippen LogP contribution is -2.13. The van der Waals surface area contributed by atoms with E-state index in [0.29, 0.717) is 16.9 Å². The van der Waals surface area contributed by atoms with Crippen molar-refractivity contribution in [1.82, 2.24) is 14.4 Å². The fourth-order valence-electron chi connectivity index (χ4n) is 2.66. The molecule has 0 aliphatic heterocycles. The van der Waals surface area contributed by atoms with Crippen molar-refractivity contribution in [1.29, 1.82) is 5.26 Å². The molecule has 1 N–H and O–H groups in total. The Bertz CT molecular complexity index is 1140. The van der Waals surface area contributed by atoms with Gasteiger partial charge in [-0.25, -0.2) is 4.98 Å². The predicted molar refractivity (Wildman–Crippen MR) is 97.5 cm³/mol. The first kappa shape index (κ1) is 15.5. The standard InChI is InChI=1S/C20H13N5O/c21-11-14-5-1-2-7-17(14)24-20(26)18-13-25-12-15(8-9-19(25)23-18)16-6-3-4-10-22-16/h1-10,12-13H,(H,24,26). The van der Waals surface area contributed by atoms with E-state index in [1.165, 1.54) is 0 Å². The number of carbonyl (C=O) groups is 1. The lowest BCUT2D eigenvalue weighted by molar-refractivity contribution is 0.102. The molecule has 0 radical (unpaired) electrons. The fraction of sp³-hybridized carbons (Fsp3) is 0. The van der Waals surface area contributed by atoms with E-state index in [2.05, 4.69) is 21.4 Å². The van der Waals surface area contributed by atoms with E-state index in [9.17, 15) is 4.79 Å². The highest BCUT2D eigenvalue weighted by molar-refractivity contribution is 6.03. The highest BCUT2D eigenvalue weighted by Gasteiger charge is 2.13. The lowest BCUT2D eigenvalue weighted by Gasteiger charge is -2.04. The van der Waals surface area contributed by atoms with Crippen LogP contribution in [0.4, 0.5) is 5.69 Å². The molecule has 0 unspecified atom stereocenters. The summed E-state index contributed by atoms with van der Waals surface area (Å²) < 4.78 is 1.79. The zero-order valence-electron chi connectivity index (χ0n) is 13.6. The Kier molecular flexibility index (Phi) is 3.88. The first-order valence-electron chi connectivity index (χ1n) is 7.95. The maximum absolute atomic E-state index is 12.5. The SMILES string of the molecule is N#Cc1ccccc1NC(=O)c1cn2cc(-c3ccccn3)ccc2n1. The van der Waals surface area contributed by atoms with Crippen LogP contribution in [0.3, 0.4) is 0 Å². The highest BCUT2D eigenvalue weighted by Crippen LogP contribution is 2.19. The normalized spacial score (nSPS) is 10.4. The number of nitrogens with zero attached hydrogens (tertiary/aromatic N) is 4. The number of carbonyl (C=O) groups excluding carboxylic acids is 1. The van der Waals surface area contributed by atoms with Crippen LogP contribution in [0.5, 0.6) is 0 Å². The molecule has 4 aromatic rings. The van der Waals surface area contributed by atoms with Crippen LogP contribution in [0.25, 0.3) is 16.9 Å².